The Morgan fingerprint density at radius 3 is 2.67 bits per heavy atom. The van der Waals surface area contributed by atoms with E-state index in [1.807, 2.05) is 0 Å². The molecule has 0 bridgehead atoms. The van der Waals surface area contributed by atoms with Gasteiger partial charge in [0, 0.05) is 19.2 Å². The molecule has 0 saturated carbocycles. The van der Waals surface area contributed by atoms with Crippen molar-refractivity contribution in [2.75, 3.05) is 13.1 Å². The van der Waals surface area contributed by atoms with Gasteiger partial charge < -0.3 is 10.0 Å². The maximum atomic E-state index is 12.1. The number of halogens is 1. The summed E-state index contributed by atoms with van der Waals surface area (Å²) in [7, 11) is 0. The Labute approximate surface area is 112 Å². The number of likely N-dealkylation sites (tertiary alicyclic amines) is 1. The molecule has 0 aliphatic carbocycles. The summed E-state index contributed by atoms with van der Waals surface area (Å²) in [5, 5.41) is 20.0. The highest BCUT2D eigenvalue weighted by molar-refractivity contribution is 7.18. The molecule has 1 saturated heterocycles. The third-order valence-corrected chi connectivity index (χ3v) is 4.15. The van der Waals surface area contributed by atoms with E-state index < -0.39 is 4.92 Å². The van der Waals surface area contributed by atoms with Crippen molar-refractivity contribution < 1.29 is 14.8 Å². The second kappa shape index (κ2) is 5.21. The Bertz CT molecular complexity index is 482. The number of nitrogens with zero attached hydrogens (tertiary/aromatic N) is 2. The van der Waals surface area contributed by atoms with Gasteiger partial charge in [0.25, 0.3) is 11.6 Å². The molecule has 8 heteroatoms. The second-order valence-corrected chi connectivity index (χ2v) is 5.70. The van der Waals surface area contributed by atoms with Gasteiger partial charge in [-0.1, -0.05) is 11.6 Å². The number of aliphatic hydroxyl groups is 1. The average Bonchev–Trinajstić information content (AvgIpc) is 2.71. The molecule has 1 aromatic rings. The van der Waals surface area contributed by atoms with Crippen molar-refractivity contribution in [1.82, 2.24) is 4.90 Å². The molecule has 1 N–H and O–H groups in total. The highest BCUT2D eigenvalue weighted by Crippen LogP contribution is 2.34. The van der Waals surface area contributed by atoms with Crippen molar-refractivity contribution in [3.8, 4) is 0 Å². The Kier molecular flexibility index (Phi) is 3.84. The van der Waals surface area contributed by atoms with E-state index in [9.17, 15) is 20.0 Å². The van der Waals surface area contributed by atoms with Crippen molar-refractivity contribution in [1.29, 1.82) is 0 Å². The van der Waals surface area contributed by atoms with Crippen molar-refractivity contribution in [3.05, 3.63) is 25.4 Å². The van der Waals surface area contributed by atoms with E-state index in [2.05, 4.69) is 0 Å². The van der Waals surface area contributed by atoms with Gasteiger partial charge in [0.1, 0.15) is 4.88 Å². The normalized spacial score (nSPS) is 16.9. The van der Waals surface area contributed by atoms with Gasteiger partial charge in [-0.3, -0.25) is 14.9 Å². The van der Waals surface area contributed by atoms with Crippen LogP contribution in [0.25, 0.3) is 0 Å². The van der Waals surface area contributed by atoms with Crippen molar-refractivity contribution >= 4 is 34.5 Å². The number of nitro groups is 1. The molecule has 2 heterocycles. The number of thiophene rings is 1. The first-order valence-electron chi connectivity index (χ1n) is 5.40. The topological polar surface area (TPSA) is 83.7 Å². The molecular weight excluding hydrogens is 280 g/mol. The van der Waals surface area contributed by atoms with Gasteiger partial charge >= 0.3 is 0 Å². The van der Waals surface area contributed by atoms with Gasteiger partial charge in [-0.15, -0.1) is 11.3 Å². The summed E-state index contributed by atoms with van der Waals surface area (Å²) < 4.78 is 0.0143. The Morgan fingerprint density at radius 2 is 2.17 bits per heavy atom. The molecule has 0 spiro atoms. The fourth-order valence-electron chi connectivity index (χ4n) is 1.81. The van der Waals surface area contributed by atoms with Crippen LogP contribution in [0.3, 0.4) is 0 Å². The molecule has 1 aliphatic rings. The van der Waals surface area contributed by atoms with Gasteiger partial charge in [-0.25, -0.2) is 0 Å². The first-order valence-corrected chi connectivity index (χ1v) is 6.59. The molecule has 2 rings (SSSR count). The smallest absolute Gasteiger partial charge is 0.299 e. The lowest BCUT2D eigenvalue weighted by molar-refractivity contribution is -0.384. The maximum Gasteiger partial charge on any atom is 0.299 e. The third kappa shape index (κ3) is 2.63. The lowest BCUT2D eigenvalue weighted by Crippen LogP contribution is -2.39. The summed E-state index contributed by atoms with van der Waals surface area (Å²) in [6, 6.07) is 1.21. The highest BCUT2D eigenvalue weighted by Gasteiger charge is 2.27. The molecule has 0 radical (unpaired) electrons. The molecule has 18 heavy (non-hydrogen) atoms. The predicted molar refractivity (Wildman–Crippen MR) is 67.1 cm³/mol. The van der Waals surface area contributed by atoms with E-state index in [0.29, 0.717) is 25.9 Å². The number of aliphatic hydroxyl groups excluding tert-OH is 1. The van der Waals surface area contributed by atoms with E-state index in [4.69, 9.17) is 11.6 Å². The third-order valence-electron chi connectivity index (χ3n) is 2.83. The Balaban J connectivity index is 2.14. The van der Waals surface area contributed by atoms with Crippen molar-refractivity contribution in [2.45, 2.75) is 18.9 Å². The average molecular weight is 291 g/mol. The number of piperidine rings is 1. The van der Waals surface area contributed by atoms with Crippen LogP contribution in [0.2, 0.25) is 4.34 Å². The molecule has 0 aromatic carbocycles. The van der Waals surface area contributed by atoms with Crippen LogP contribution in [0.15, 0.2) is 6.07 Å². The summed E-state index contributed by atoms with van der Waals surface area (Å²) in [5.74, 6) is -0.262. The van der Waals surface area contributed by atoms with Crippen molar-refractivity contribution in [3.63, 3.8) is 0 Å². The van der Waals surface area contributed by atoms with Gasteiger partial charge in [0.05, 0.1) is 11.0 Å². The minimum absolute atomic E-state index is 0.0143. The van der Waals surface area contributed by atoms with Crippen LogP contribution in [0.4, 0.5) is 5.69 Å². The predicted octanol–water partition coefficient (Wildman–Crippen LogP) is 1.91. The minimum atomic E-state index is -0.602. The number of carbonyl (C=O) groups excluding carboxylic acids is 1. The standard InChI is InChI=1S/C10H11ClN2O4S/c11-9-7(13(16)17)5-8(18-9)10(15)12-3-1-6(14)2-4-12/h5-6,14H,1-4H2. The quantitative estimate of drug-likeness (QED) is 0.666. The molecule has 0 atom stereocenters. The SMILES string of the molecule is O=C(c1cc([N+](=O)[O-])c(Cl)s1)N1CCC(O)CC1. The Morgan fingerprint density at radius 1 is 1.56 bits per heavy atom. The largest absolute Gasteiger partial charge is 0.393 e. The van der Waals surface area contributed by atoms with Crippen LogP contribution in [0.1, 0.15) is 22.5 Å². The Hall–Kier alpha value is -1.18. The highest BCUT2D eigenvalue weighted by atomic mass is 35.5. The zero-order valence-electron chi connectivity index (χ0n) is 9.34. The lowest BCUT2D eigenvalue weighted by atomic mass is 10.1. The van der Waals surface area contributed by atoms with E-state index in [0.717, 1.165) is 11.3 Å². The fourth-order valence-corrected chi connectivity index (χ4v) is 3.00. The van der Waals surface area contributed by atoms with E-state index in [-0.39, 0.29) is 26.9 Å². The fraction of sp³-hybridized carbons (Fsp3) is 0.500. The van der Waals surface area contributed by atoms with Crippen LogP contribution in [0, 0.1) is 10.1 Å². The van der Waals surface area contributed by atoms with E-state index in [1.165, 1.54) is 6.07 Å². The lowest BCUT2D eigenvalue weighted by Gasteiger charge is -2.29. The molecule has 0 unspecified atom stereocenters. The van der Waals surface area contributed by atoms with Crippen LogP contribution in [-0.2, 0) is 0 Å². The van der Waals surface area contributed by atoms with Gasteiger partial charge in [-0.2, -0.15) is 0 Å². The first kappa shape index (κ1) is 13.3. The molecule has 1 aromatic heterocycles. The first-order chi connectivity index (χ1) is 8.49. The number of amides is 1. The number of hydrogen-bond acceptors (Lipinski definition) is 5. The van der Waals surface area contributed by atoms with Crippen molar-refractivity contribution in [2.24, 2.45) is 0 Å². The van der Waals surface area contributed by atoms with Gasteiger partial charge in [0.2, 0.25) is 0 Å². The van der Waals surface area contributed by atoms with Crippen LogP contribution in [0.5, 0.6) is 0 Å². The summed E-state index contributed by atoms with van der Waals surface area (Å²) in [6.07, 6.45) is 0.704. The molecule has 6 nitrogen and oxygen atoms in total. The van der Waals surface area contributed by atoms with Crippen LogP contribution < -0.4 is 0 Å². The number of hydrogen-bond donors (Lipinski definition) is 1. The van der Waals surface area contributed by atoms with Crippen LogP contribution in [-0.4, -0.2) is 40.0 Å². The zero-order chi connectivity index (χ0) is 13.3. The maximum absolute atomic E-state index is 12.1. The zero-order valence-corrected chi connectivity index (χ0v) is 10.9. The second-order valence-electron chi connectivity index (χ2n) is 4.05. The molecule has 1 aliphatic heterocycles. The summed E-state index contributed by atoms with van der Waals surface area (Å²) in [4.78, 5) is 24.0. The number of carbonyl (C=O) groups is 1. The summed E-state index contributed by atoms with van der Waals surface area (Å²) >= 11 is 6.63. The minimum Gasteiger partial charge on any atom is -0.393 e. The van der Waals surface area contributed by atoms with Crippen LogP contribution >= 0.6 is 22.9 Å². The molecular formula is C10H11ClN2O4S. The molecule has 98 valence electrons. The monoisotopic (exact) mass is 290 g/mol. The van der Waals surface area contributed by atoms with E-state index >= 15 is 0 Å². The molecule has 1 fully saturated rings. The van der Waals surface area contributed by atoms with Gasteiger partial charge in [0.15, 0.2) is 4.34 Å². The molecule has 1 amide bonds. The number of rotatable bonds is 2. The summed E-state index contributed by atoms with van der Waals surface area (Å²) in [5.41, 5.74) is -0.234. The summed E-state index contributed by atoms with van der Waals surface area (Å²) in [6.45, 7) is 0.923. The van der Waals surface area contributed by atoms with E-state index in [1.54, 1.807) is 4.90 Å². The van der Waals surface area contributed by atoms with Gasteiger partial charge in [-0.05, 0) is 12.8 Å².